The average Bonchev–Trinajstić information content (AvgIpc) is 2.98. The van der Waals surface area contributed by atoms with E-state index in [1.165, 1.54) is 37.2 Å². The minimum Gasteiger partial charge on any atom is -0.442 e. The summed E-state index contributed by atoms with van der Waals surface area (Å²) in [6.45, 7) is 4.83. The molecule has 0 unspecified atom stereocenters. The zero-order valence-corrected chi connectivity index (χ0v) is 15.5. The molecule has 0 aromatic heterocycles. The minimum atomic E-state index is -0.531. The van der Waals surface area contributed by atoms with Crippen molar-refractivity contribution >= 4 is 23.4 Å². The van der Waals surface area contributed by atoms with Crippen LogP contribution in [0, 0.1) is 5.82 Å². The molecule has 1 aliphatic rings. The van der Waals surface area contributed by atoms with Crippen molar-refractivity contribution in [1.29, 1.82) is 0 Å². The molecule has 6 nitrogen and oxygen atoms in total. The lowest BCUT2D eigenvalue weighted by atomic mass is 10.1. The molecule has 2 amide bonds. The molecular weight excluding hydrogens is 337 g/mol. The third kappa shape index (κ3) is 5.89. The molecule has 144 valence electrons. The lowest BCUT2D eigenvalue weighted by molar-refractivity contribution is -0.119. The van der Waals surface area contributed by atoms with Crippen molar-refractivity contribution in [2.45, 2.75) is 52.1 Å². The number of unbranched alkanes of at least 4 members (excludes halogenated alkanes) is 4. The topological polar surface area (TPSA) is 70.7 Å². The van der Waals surface area contributed by atoms with Crippen LogP contribution < -0.4 is 15.5 Å². The van der Waals surface area contributed by atoms with E-state index < -0.39 is 18.0 Å². The SMILES string of the molecule is CCCCCCCNc1ccc(N2C[C@H](CNC(C)=O)OC2=O)cc1F. The first-order valence-corrected chi connectivity index (χ1v) is 9.27. The van der Waals surface area contributed by atoms with E-state index in [2.05, 4.69) is 17.6 Å². The van der Waals surface area contributed by atoms with Gasteiger partial charge in [0.2, 0.25) is 5.91 Å². The second kappa shape index (κ2) is 9.99. The maximum absolute atomic E-state index is 14.3. The fraction of sp³-hybridized carbons (Fsp3) is 0.579. The number of ether oxygens (including phenoxy) is 1. The predicted molar refractivity (Wildman–Crippen MR) is 99.9 cm³/mol. The standard InChI is InChI=1S/C19H28FN3O3/c1-3-4-5-6-7-10-21-18-9-8-15(11-17(18)20)23-13-16(26-19(23)25)12-22-14(2)24/h8-9,11,16,21H,3-7,10,12-13H2,1-2H3,(H,22,24)/t16-/m0/s1. The number of hydrogen-bond acceptors (Lipinski definition) is 4. The number of nitrogens with one attached hydrogen (secondary N) is 2. The van der Waals surface area contributed by atoms with Gasteiger partial charge in [0.15, 0.2) is 0 Å². The summed E-state index contributed by atoms with van der Waals surface area (Å²) in [5.74, 6) is -0.579. The quantitative estimate of drug-likeness (QED) is 0.621. The van der Waals surface area contributed by atoms with Gasteiger partial charge < -0.3 is 15.4 Å². The highest BCUT2D eigenvalue weighted by Gasteiger charge is 2.32. The second-order valence-corrected chi connectivity index (χ2v) is 6.56. The fourth-order valence-corrected chi connectivity index (χ4v) is 2.86. The maximum Gasteiger partial charge on any atom is 0.414 e. The minimum absolute atomic E-state index is 0.185. The average molecular weight is 365 g/mol. The third-order valence-electron chi connectivity index (χ3n) is 4.31. The Morgan fingerprint density at radius 2 is 2.08 bits per heavy atom. The monoisotopic (exact) mass is 365 g/mol. The molecule has 0 saturated carbocycles. The van der Waals surface area contributed by atoms with E-state index >= 15 is 0 Å². The van der Waals surface area contributed by atoms with Crippen molar-refractivity contribution in [3.63, 3.8) is 0 Å². The molecule has 1 aromatic rings. The molecule has 7 heteroatoms. The third-order valence-corrected chi connectivity index (χ3v) is 4.31. The lowest BCUT2D eigenvalue weighted by Crippen LogP contribution is -2.33. The summed E-state index contributed by atoms with van der Waals surface area (Å²) in [5.41, 5.74) is 0.887. The summed E-state index contributed by atoms with van der Waals surface area (Å²) in [7, 11) is 0. The van der Waals surface area contributed by atoms with E-state index in [0.717, 1.165) is 19.4 Å². The molecule has 0 spiro atoms. The van der Waals surface area contributed by atoms with Gasteiger partial charge in [-0.1, -0.05) is 32.6 Å². The summed E-state index contributed by atoms with van der Waals surface area (Å²) >= 11 is 0. The van der Waals surface area contributed by atoms with Crippen LogP contribution in [0.5, 0.6) is 0 Å². The number of hydrogen-bond donors (Lipinski definition) is 2. The molecule has 1 aliphatic heterocycles. The van der Waals surface area contributed by atoms with Gasteiger partial charge in [0, 0.05) is 13.5 Å². The maximum atomic E-state index is 14.3. The van der Waals surface area contributed by atoms with Crippen LogP contribution >= 0.6 is 0 Å². The van der Waals surface area contributed by atoms with Crippen molar-refractivity contribution in [2.75, 3.05) is 29.9 Å². The van der Waals surface area contributed by atoms with Gasteiger partial charge in [0.1, 0.15) is 11.9 Å². The van der Waals surface area contributed by atoms with E-state index in [-0.39, 0.29) is 19.0 Å². The molecule has 0 bridgehead atoms. The number of benzene rings is 1. The number of carbonyl (C=O) groups excluding carboxylic acids is 2. The Hall–Kier alpha value is -2.31. The first kappa shape index (κ1) is 20.0. The predicted octanol–water partition coefficient (Wildman–Crippen LogP) is 3.67. The first-order valence-electron chi connectivity index (χ1n) is 9.27. The molecule has 2 rings (SSSR count). The molecule has 1 saturated heterocycles. The summed E-state index contributed by atoms with van der Waals surface area (Å²) < 4.78 is 19.5. The van der Waals surface area contributed by atoms with E-state index in [1.54, 1.807) is 12.1 Å². The molecular formula is C19H28FN3O3. The molecule has 0 aliphatic carbocycles. The van der Waals surface area contributed by atoms with E-state index in [4.69, 9.17) is 4.74 Å². The summed E-state index contributed by atoms with van der Waals surface area (Å²) in [4.78, 5) is 24.3. The Bertz CT molecular complexity index is 624. The van der Waals surface area contributed by atoms with Crippen LogP contribution in [0.4, 0.5) is 20.6 Å². The van der Waals surface area contributed by atoms with Crippen LogP contribution in [0.15, 0.2) is 18.2 Å². The Morgan fingerprint density at radius 3 is 2.77 bits per heavy atom. The van der Waals surface area contributed by atoms with Crippen LogP contribution in [0.25, 0.3) is 0 Å². The number of anilines is 2. The van der Waals surface area contributed by atoms with Gasteiger partial charge in [-0.3, -0.25) is 9.69 Å². The van der Waals surface area contributed by atoms with Gasteiger partial charge in [-0.25, -0.2) is 9.18 Å². The molecule has 2 N–H and O–H groups in total. The number of halogens is 1. The molecule has 1 atom stereocenters. The Morgan fingerprint density at radius 1 is 1.31 bits per heavy atom. The molecule has 1 fully saturated rings. The van der Waals surface area contributed by atoms with Crippen molar-refractivity contribution in [1.82, 2.24) is 5.32 Å². The van der Waals surface area contributed by atoms with Gasteiger partial charge in [0.05, 0.1) is 24.5 Å². The summed E-state index contributed by atoms with van der Waals surface area (Å²) in [6.07, 6.45) is 4.81. The Kier molecular flexibility index (Phi) is 7.69. The highest BCUT2D eigenvalue weighted by molar-refractivity contribution is 5.90. The Labute approximate surface area is 154 Å². The van der Waals surface area contributed by atoms with Crippen molar-refractivity contribution < 1.29 is 18.7 Å². The lowest BCUT2D eigenvalue weighted by Gasteiger charge is -2.15. The second-order valence-electron chi connectivity index (χ2n) is 6.56. The van der Waals surface area contributed by atoms with Gasteiger partial charge in [0.25, 0.3) is 0 Å². The normalized spacial score (nSPS) is 16.5. The van der Waals surface area contributed by atoms with Crippen LogP contribution in [0.1, 0.15) is 46.0 Å². The van der Waals surface area contributed by atoms with Crippen molar-refractivity contribution in [3.05, 3.63) is 24.0 Å². The van der Waals surface area contributed by atoms with Crippen LogP contribution in [0.2, 0.25) is 0 Å². The smallest absolute Gasteiger partial charge is 0.414 e. The number of nitrogens with zero attached hydrogens (tertiary/aromatic N) is 1. The number of amides is 2. The van der Waals surface area contributed by atoms with E-state index in [1.807, 2.05) is 0 Å². The highest BCUT2D eigenvalue weighted by atomic mass is 19.1. The van der Waals surface area contributed by atoms with Crippen molar-refractivity contribution in [2.24, 2.45) is 0 Å². The van der Waals surface area contributed by atoms with Crippen LogP contribution in [-0.4, -0.2) is 37.7 Å². The van der Waals surface area contributed by atoms with Crippen LogP contribution in [-0.2, 0) is 9.53 Å². The zero-order chi connectivity index (χ0) is 18.9. The van der Waals surface area contributed by atoms with E-state index in [9.17, 15) is 14.0 Å². The Balaban J connectivity index is 1.86. The molecule has 1 aromatic carbocycles. The number of cyclic esters (lactones) is 1. The largest absolute Gasteiger partial charge is 0.442 e. The first-order chi connectivity index (χ1) is 12.5. The van der Waals surface area contributed by atoms with Gasteiger partial charge >= 0.3 is 6.09 Å². The van der Waals surface area contributed by atoms with Crippen molar-refractivity contribution in [3.8, 4) is 0 Å². The van der Waals surface area contributed by atoms with Crippen LogP contribution in [0.3, 0.4) is 0 Å². The van der Waals surface area contributed by atoms with Gasteiger partial charge in [-0.05, 0) is 24.6 Å². The van der Waals surface area contributed by atoms with E-state index in [0.29, 0.717) is 11.4 Å². The summed E-state index contributed by atoms with van der Waals surface area (Å²) in [6, 6.07) is 4.68. The zero-order valence-electron chi connectivity index (χ0n) is 15.5. The number of rotatable bonds is 10. The fourth-order valence-electron chi connectivity index (χ4n) is 2.86. The van der Waals surface area contributed by atoms with Gasteiger partial charge in [-0.15, -0.1) is 0 Å². The highest BCUT2D eigenvalue weighted by Crippen LogP contribution is 2.26. The number of carbonyl (C=O) groups is 2. The summed E-state index contributed by atoms with van der Waals surface area (Å²) in [5, 5.41) is 5.72. The van der Waals surface area contributed by atoms with Gasteiger partial charge in [-0.2, -0.15) is 0 Å². The molecule has 0 radical (unpaired) electrons. The molecule has 26 heavy (non-hydrogen) atoms. The molecule has 1 heterocycles.